The largest absolute Gasteiger partial charge is 0.478 e. The Kier molecular flexibility index (Phi) is 6.24. The van der Waals surface area contributed by atoms with E-state index in [0.29, 0.717) is 18.4 Å². The average molecular weight is 185 g/mol. The van der Waals surface area contributed by atoms with Crippen molar-refractivity contribution in [3.63, 3.8) is 0 Å². The first kappa shape index (κ1) is 12.2. The van der Waals surface area contributed by atoms with Crippen molar-refractivity contribution in [2.75, 3.05) is 13.1 Å². The molecule has 0 saturated carbocycles. The summed E-state index contributed by atoms with van der Waals surface area (Å²) >= 11 is 0. The Morgan fingerprint density at radius 2 is 2.08 bits per heavy atom. The minimum atomic E-state index is -0.890. The summed E-state index contributed by atoms with van der Waals surface area (Å²) in [6.07, 6.45) is 2.78. The summed E-state index contributed by atoms with van der Waals surface area (Å²) in [5, 5.41) is 11.5. The van der Waals surface area contributed by atoms with Gasteiger partial charge in [-0.25, -0.2) is 4.79 Å². The van der Waals surface area contributed by atoms with Gasteiger partial charge in [0.1, 0.15) is 0 Å². The van der Waals surface area contributed by atoms with E-state index in [1.807, 2.05) is 0 Å². The van der Waals surface area contributed by atoms with Gasteiger partial charge in [0.2, 0.25) is 0 Å². The number of hydrogen-bond donors (Lipinski definition) is 2. The average Bonchev–Trinajstić information content (AvgIpc) is 2.02. The van der Waals surface area contributed by atoms with Crippen molar-refractivity contribution in [3.05, 3.63) is 12.2 Å². The molecule has 0 aromatic heterocycles. The molecule has 0 aliphatic heterocycles. The molecule has 0 aliphatic carbocycles. The molecule has 0 amide bonds. The van der Waals surface area contributed by atoms with Crippen molar-refractivity contribution in [2.45, 2.75) is 20.8 Å². The van der Waals surface area contributed by atoms with E-state index in [1.165, 1.54) is 0 Å². The molecule has 0 aromatic carbocycles. The van der Waals surface area contributed by atoms with Crippen LogP contribution in [0.3, 0.4) is 0 Å². The topological polar surface area (TPSA) is 49.3 Å². The van der Waals surface area contributed by atoms with Gasteiger partial charge < -0.3 is 10.4 Å². The molecule has 3 nitrogen and oxygen atoms in total. The van der Waals surface area contributed by atoms with Crippen LogP contribution in [-0.4, -0.2) is 24.2 Å². The summed E-state index contributed by atoms with van der Waals surface area (Å²) in [5.74, 6) is 0.396. The molecule has 0 heterocycles. The monoisotopic (exact) mass is 185 g/mol. The molecule has 1 atom stereocenters. The van der Waals surface area contributed by atoms with Crippen LogP contribution in [0.4, 0.5) is 0 Å². The molecular weight excluding hydrogens is 166 g/mol. The number of carboxylic acids is 1. The van der Waals surface area contributed by atoms with Crippen LogP contribution in [0, 0.1) is 11.8 Å². The van der Waals surface area contributed by atoms with Gasteiger partial charge in [0, 0.05) is 12.6 Å². The zero-order valence-corrected chi connectivity index (χ0v) is 8.58. The van der Waals surface area contributed by atoms with Crippen molar-refractivity contribution < 1.29 is 9.90 Å². The molecule has 0 aliphatic rings. The predicted octanol–water partition coefficient (Wildman–Crippen LogP) is 1.51. The molecule has 3 heteroatoms. The minimum absolute atomic E-state index is 0.623. The number of aliphatic carboxylic acids is 1. The first-order chi connectivity index (χ1) is 6.04. The number of carboxylic acid groups (broad SMARTS) is 1. The summed E-state index contributed by atoms with van der Waals surface area (Å²) < 4.78 is 0. The highest BCUT2D eigenvalue weighted by atomic mass is 16.4. The van der Waals surface area contributed by atoms with Gasteiger partial charge in [-0.15, -0.1) is 0 Å². The fourth-order valence-electron chi connectivity index (χ4n) is 0.790. The number of carbonyl (C=O) groups is 1. The molecule has 0 aromatic rings. The van der Waals surface area contributed by atoms with E-state index < -0.39 is 5.97 Å². The van der Waals surface area contributed by atoms with Crippen molar-refractivity contribution >= 4 is 5.97 Å². The number of hydrogen-bond acceptors (Lipinski definition) is 2. The molecule has 0 spiro atoms. The molecular formula is C10H19NO2. The highest BCUT2D eigenvalue weighted by molar-refractivity contribution is 5.79. The second-order valence-corrected chi connectivity index (χ2v) is 3.62. The summed E-state index contributed by atoms with van der Waals surface area (Å²) in [4.78, 5) is 10.1. The predicted molar refractivity (Wildman–Crippen MR) is 53.6 cm³/mol. The molecule has 0 saturated heterocycles. The summed E-state index contributed by atoms with van der Waals surface area (Å²) in [6, 6.07) is 0. The molecule has 0 radical (unpaired) electrons. The van der Waals surface area contributed by atoms with Gasteiger partial charge in [-0.3, -0.25) is 0 Å². The molecule has 2 N–H and O–H groups in total. The van der Waals surface area contributed by atoms with Crippen LogP contribution in [0.25, 0.3) is 0 Å². The second-order valence-electron chi connectivity index (χ2n) is 3.62. The Hall–Kier alpha value is -0.830. The Morgan fingerprint density at radius 3 is 2.54 bits per heavy atom. The smallest absolute Gasteiger partial charge is 0.328 e. The van der Waals surface area contributed by atoms with Gasteiger partial charge in [-0.1, -0.05) is 26.8 Å². The Labute approximate surface area is 79.8 Å². The van der Waals surface area contributed by atoms with Crippen LogP contribution in [0.5, 0.6) is 0 Å². The van der Waals surface area contributed by atoms with Gasteiger partial charge in [-0.2, -0.15) is 0 Å². The second kappa shape index (κ2) is 6.66. The molecule has 0 bridgehead atoms. The lowest BCUT2D eigenvalue weighted by Crippen LogP contribution is -2.24. The molecule has 1 unspecified atom stereocenters. The van der Waals surface area contributed by atoms with Crippen LogP contribution in [0.15, 0.2) is 12.2 Å². The maximum atomic E-state index is 10.1. The van der Waals surface area contributed by atoms with Crippen LogP contribution in [0.1, 0.15) is 20.8 Å². The fourth-order valence-corrected chi connectivity index (χ4v) is 0.790. The first-order valence-corrected chi connectivity index (χ1v) is 4.64. The van der Waals surface area contributed by atoms with E-state index in [1.54, 1.807) is 6.08 Å². The third kappa shape index (κ3) is 7.53. The Morgan fingerprint density at radius 1 is 1.46 bits per heavy atom. The Bertz CT molecular complexity index is 176. The first-order valence-electron chi connectivity index (χ1n) is 4.64. The van der Waals surface area contributed by atoms with Crippen LogP contribution < -0.4 is 5.32 Å². The third-order valence-electron chi connectivity index (χ3n) is 2.13. The molecule has 0 rings (SSSR count). The van der Waals surface area contributed by atoms with Gasteiger partial charge in [0.25, 0.3) is 0 Å². The Balaban J connectivity index is 3.40. The van der Waals surface area contributed by atoms with Crippen LogP contribution in [-0.2, 0) is 4.79 Å². The lowest BCUT2D eigenvalue weighted by Gasteiger charge is -2.14. The SMILES string of the molecule is CC(C)C(C)CNC/C=C/C(=O)O. The highest BCUT2D eigenvalue weighted by Crippen LogP contribution is 2.06. The standard InChI is InChI=1S/C10H19NO2/c1-8(2)9(3)7-11-6-4-5-10(12)13/h4-5,8-9,11H,6-7H2,1-3H3,(H,12,13)/b5-4+. The number of rotatable bonds is 6. The van der Waals surface area contributed by atoms with E-state index in [4.69, 9.17) is 5.11 Å². The zero-order chi connectivity index (χ0) is 10.3. The number of nitrogens with one attached hydrogen (secondary N) is 1. The minimum Gasteiger partial charge on any atom is -0.478 e. The van der Waals surface area contributed by atoms with E-state index in [9.17, 15) is 4.79 Å². The van der Waals surface area contributed by atoms with Gasteiger partial charge in [0.05, 0.1) is 0 Å². The summed E-state index contributed by atoms with van der Waals surface area (Å²) in [5.41, 5.74) is 0. The zero-order valence-electron chi connectivity index (χ0n) is 8.58. The van der Waals surface area contributed by atoms with E-state index in [2.05, 4.69) is 26.1 Å². The maximum Gasteiger partial charge on any atom is 0.328 e. The third-order valence-corrected chi connectivity index (χ3v) is 2.13. The molecule has 13 heavy (non-hydrogen) atoms. The van der Waals surface area contributed by atoms with Crippen molar-refractivity contribution in [1.82, 2.24) is 5.32 Å². The van der Waals surface area contributed by atoms with Gasteiger partial charge >= 0.3 is 5.97 Å². The van der Waals surface area contributed by atoms with Gasteiger partial charge in [-0.05, 0) is 18.4 Å². The van der Waals surface area contributed by atoms with Crippen molar-refractivity contribution in [3.8, 4) is 0 Å². The van der Waals surface area contributed by atoms with Crippen molar-refractivity contribution in [2.24, 2.45) is 11.8 Å². The summed E-state index contributed by atoms with van der Waals surface area (Å²) in [7, 11) is 0. The quantitative estimate of drug-likeness (QED) is 0.487. The summed E-state index contributed by atoms with van der Waals surface area (Å²) in [6.45, 7) is 8.10. The van der Waals surface area contributed by atoms with E-state index >= 15 is 0 Å². The molecule has 0 fully saturated rings. The highest BCUT2D eigenvalue weighted by Gasteiger charge is 2.04. The van der Waals surface area contributed by atoms with Crippen LogP contribution >= 0.6 is 0 Å². The van der Waals surface area contributed by atoms with E-state index in [0.717, 1.165) is 12.6 Å². The van der Waals surface area contributed by atoms with Crippen molar-refractivity contribution in [1.29, 1.82) is 0 Å². The lowest BCUT2D eigenvalue weighted by atomic mass is 9.98. The molecule has 76 valence electrons. The van der Waals surface area contributed by atoms with Crippen LogP contribution in [0.2, 0.25) is 0 Å². The fraction of sp³-hybridized carbons (Fsp3) is 0.700. The lowest BCUT2D eigenvalue weighted by molar-refractivity contribution is -0.131. The van der Waals surface area contributed by atoms with Gasteiger partial charge in [0.15, 0.2) is 0 Å². The normalized spacial score (nSPS) is 13.8. The maximum absolute atomic E-state index is 10.1. The van der Waals surface area contributed by atoms with E-state index in [-0.39, 0.29) is 0 Å².